The van der Waals surface area contributed by atoms with Crippen LogP contribution in [-0.4, -0.2) is 13.1 Å². The van der Waals surface area contributed by atoms with Crippen molar-refractivity contribution in [3.8, 4) is 16.5 Å². The number of hydrogen-bond acceptors (Lipinski definition) is 5. The molecule has 0 bridgehead atoms. The number of methoxy groups -OCH3 is 1. The maximum atomic E-state index is 11.6. The van der Waals surface area contributed by atoms with Crippen LogP contribution in [0.3, 0.4) is 0 Å². The average Bonchev–Trinajstić information content (AvgIpc) is 2.75. The summed E-state index contributed by atoms with van der Waals surface area (Å²) in [7, 11) is 1.33. The van der Waals surface area contributed by atoms with E-state index >= 15 is 0 Å². The number of thiophene rings is 1. The van der Waals surface area contributed by atoms with Crippen molar-refractivity contribution in [3.05, 3.63) is 40.3 Å². The van der Waals surface area contributed by atoms with Gasteiger partial charge in [0.15, 0.2) is 0 Å². The van der Waals surface area contributed by atoms with Gasteiger partial charge in [-0.2, -0.15) is 5.26 Å². The van der Waals surface area contributed by atoms with E-state index in [4.69, 9.17) is 15.7 Å². The summed E-state index contributed by atoms with van der Waals surface area (Å²) < 4.78 is 4.71. The van der Waals surface area contributed by atoms with Crippen molar-refractivity contribution in [3.63, 3.8) is 0 Å². The van der Waals surface area contributed by atoms with Crippen LogP contribution in [-0.2, 0) is 4.74 Å². The third-order valence-corrected chi connectivity index (χ3v) is 4.15. The first-order valence-electron chi connectivity index (χ1n) is 5.56. The lowest BCUT2D eigenvalue weighted by Gasteiger charge is -2.00. The van der Waals surface area contributed by atoms with Gasteiger partial charge in [0.1, 0.15) is 4.88 Å². The van der Waals surface area contributed by atoms with Crippen molar-refractivity contribution < 1.29 is 9.53 Å². The summed E-state index contributed by atoms with van der Waals surface area (Å²) >= 11 is 1.28. The molecule has 2 rings (SSSR count). The first-order chi connectivity index (χ1) is 9.08. The van der Waals surface area contributed by atoms with Crippen LogP contribution in [0.4, 0.5) is 5.69 Å². The number of rotatable bonds is 2. The van der Waals surface area contributed by atoms with Gasteiger partial charge in [-0.05, 0) is 30.2 Å². The molecule has 0 aliphatic carbocycles. The molecular weight excluding hydrogens is 260 g/mol. The fourth-order valence-electron chi connectivity index (χ4n) is 1.78. The predicted molar refractivity (Wildman–Crippen MR) is 75.0 cm³/mol. The lowest BCUT2D eigenvalue weighted by Crippen LogP contribution is -2.01. The summed E-state index contributed by atoms with van der Waals surface area (Å²) in [4.78, 5) is 12.9. The van der Waals surface area contributed by atoms with Gasteiger partial charge >= 0.3 is 5.97 Å². The van der Waals surface area contributed by atoms with E-state index in [9.17, 15) is 4.79 Å². The molecule has 0 amide bonds. The molecule has 1 heterocycles. The summed E-state index contributed by atoms with van der Waals surface area (Å²) in [6.07, 6.45) is 0. The Morgan fingerprint density at radius 2 is 2.21 bits per heavy atom. The molecule has 1 aromatic carbocycles. The van der Waals surface area contributed by atoms with Crippen molar-refractivity contribution in [2.75, 3.05) is 12.8 Å². The molecule has 0 unspecified atom stereocenters. The van der Waals surface area contributed by atoms with Gasteiger partial charge in [-0.25, -0.2) is 4.79 Å². The summed E-state index contributed by atoms with van der Waals surface area (Å²) in [6, 6.07) is 9.30. The topological polar surface area (TPSA) is 76.1 Å². The second kappa shape index (κ2) is 5.12. The van der Waals surface area contributed by atoms with Crippen LogP contribution in [0.15, 0.2) is 24.3 Å². The van der Waals surface area contributed by atoms with Gasteiger partial charge in [-0.15, -0.1) is 11.3 Å². The van der Waals surface area contributed by atoms with E-state index in [1.807, 2.05) is 13.0 Å². The van der Waals surface area contributed by atoms with Crippen LogP contribution < -0.4 is 5.73 Å². The van der Waals surface area contributed by atoms with Crippen molar-refractivity contribution in [1.29, 1.82) is 5.26 Å². The fraction of sp³-hybridized carbons (Fsp3) is 0.143. The molecule has 0 saturated heterocycles. The number of nitrogens with zero attached hydrogens (tertiary/aromatic N) is 1. The van der Waals surface area contributed by atoms with Gasteiger partial charge in [0.25, 0.3) is 0 Å². The van der Waals surface area contributed by atoms with Crippen molar-refractivity contribution in [2.45, 2.75) is 6.92 Å². The molecule has 2 N–H and O–H groups in total. The van der Waals surface area contributed by atoms with Gasteiger partial charge in [-0.3, -0.25) is 0 Å². The van der Waals surface area contributed by atoms with Gasteiger partial charge in [0.2, 0.25) is 0 Å². The van der Waals surface area contributed by atoms with Gasteiger partial charge in [0, 0.05) is 4.88 Å². The summed E-state index contributed by atoms with van der Waals surface area (Å²) in [6.45, 7) is 1.85. The molecule has 0 radical (unpaired) electrons. The molecule has 2 aromatic rings. The van der Waals surface area contributed by atoms with Crippen LogP contribution >= 0.6 is 11.3 Å². The number of benzene rings is 1. The molecule has 5 heteroatoms. The van der Waals surface area contributed by atoms with E-state index < -0.39 is 5.97 Å². The van der Waals surface area contributed by atoms with E-state index in [1.54, 1.807) is 18.2 Å². The molecule has 4 nitrogen and oxygen atoms in total. The second-order valence-corrected chi connectivity index (χ2v) is 5.00. The molecule has 0 fully saturated rings. The van der Waals surface area contributed by atoms with Gasteiger partial charge < -0.3 is 10.5 Å². The predicted octanol–water partition coefficient (Wildman–Crippen LogP) is 2.96. The molecule has 0 spiro atoms. The summed E-state index contributed by atoms with van der Waals surface area (Å²) in [5, 5.41) is 8.92. The van der Waals surface area contributed by atoms with Crippen LogP contribution in [0.2, 0.25) is 0 Å². The minimum absolute atomic E-state index is 0.400. The minimum Gasteiger partial charge on any atom is -0.465 e. The molecular formula is C14H12N2O2S. The van der Waals surface area contributed by atoms with Crippen LogP contribution in [0, 0.1) is 18.3 Å². The van der Waals surface area contributed by atoms with E-state index in [0.717, 1.165) is 16.0 Å². The number of ether oxygens (including phenoxy) is 1. The van der Waals surface area contributed by atoms with Crippen molar-refractivity contribution in [1.82, 2.24) is 0 Å². The molecule has 1 aromatic heterocycles. The SMILES string of the molecule is COC(=O)c1sc(-c2cccc(C#N)c2)c(C)c1N. The average molecular weight is 272 g/mol. The monoisotopic (exact) mass is 272 g/mol. The summed E-state index contributed by atoms with van der Waals surface area (Å²) in [5.74, 6) is -0.437. The van der Waals surface area contributed by atoms with Crippen LogP contribution in [0.1, 0.15) is 20.8 Å². The van der Waals surface area contributed by atoms with E-state index in [0.29, 0.717) is 16.1 Å². The Bertz CT molecular complexity index is 683. The van der Waals surface area contributed by atoms with Crippen molar-refractivity contribution >= 4 is 23.0 Å². The largest absolute Gasteiger partial charge is 0.465 e. The molecule has 96 valence electrons. The first kappa shape index (κ1) is 13.1. The normalized spacial score (nSPS) is 9.95. The van der Waals surface area contributed by atoms with Crippen LogP contribution in [0.5, 0.6) is 0 Å². The standard InChI is InChI=1S/C14H12N2O2S/c1-8-11(16)13(14(17)18-2)19-12(8)10-5-3-4-9(6-10)7-15/h3-6H,16H2,1-2H3. The Labute approximate surface area is 115 Å². The first-order valence-corrected chi connectivity index (χ1v) is 6.37. The number of nitrogens with two attached hydrogens (primary N) is 1. The summed E-state index contributed by atoms with van der Waals surface area (Å²) in [5.41, 5.74) is 8.66. The quantitative estimate of drug-likeness (QED) is 0.853. The maximum Gasteiger partial charge on any atom is 0.350 e. The lowest BCUT2D eigenvalue weighted by molar-refractivity contribution is 0.0607. The van der Waals surface area contributed by atoms with Crippen molar-refractivity contribution in [2.24, 2.45) is 0 Å². The molecule has 19 heavy (non-hydrogen) atoms. The highest BCUT2D eigenvalue weighted by molar-refractivity contribution is 7.18. The zero-order chi connectivity index (χ0) is 14.0. The Balaban J connectivity index is 2.57. The van der Waals surface area contributed by atoms with Gasteiger partial charge in [0.05, 0.1) is 24.4 Å². The highest BCUT2D eigenvalue weighted by atomic mass is 32.1. The van der Waals surface area contributed by atoms with Crippen LogP contribution in [0.25, 0.3) is 10.4 Å². The van der Waals surface area contributed by atoms with E-state index in [2.05, 4.69) is 6.07 Å². The Morgan fingerprint density at radius 1 is 1.47 bits per heavy atom. The third kappa shape index (κ3) is 2.30. The van der Waals surface area contributed by atoms with E-state index in [1.165, 1.54) is 18.4 Å². The lowest BCUT2D eigenvalue weighted by atomic mass is 10.1. The number of carbonyl (C=O) groups is 1. The second-order valence-electron chi connectivity index (χ2n) is 3.98. The zero-order valence-electron chi connectivity index (χ0n) is 10.6. The molecule has 0 saturated carbocycles. The highest BCUT2D eigenvalue weighted by Gasteiger charge is 2.19. The van der Waals surface area contributed by atoms with Gasteiger partial charge in [-0.1, -0.05) is 12.1 Å². The number of hydrogen-bond donors (Lipinski definition) is 1. The molecule has 0 aliphatic heterocycles. The highest BCUT2D eigenvalue weighted by Crippen LogP contribution is 2.38. The zero-order valence-corrected chi connectivity index (χ0v) is 11.4. The third-order valence-electron chi connectivity index (χ3n) is 2.82. The number of nitrogen functional groups attached to an aromatic ring is 1. The molecule has 0 atom stereocenters. The molecule has 0 aliphatic rings. The Kier molecular flexibility index (Phi) is 3.54. The smallest absolute Gasteiger partial charge is 0.350 e. The number of nitriles is 1. The fourth-order valence-corrected chi connectivity index (χ4v) is 2.92. The number of anilines is 1. The number of carbonyl (C=O) groups excluding carboxylic acids is 1. The maximum absolute atomic E-state index is 11.6. The van der Waals surface area contributed by atoms with E-state index in [-0.39, 0.29) is 0 Å². The Hall–Kier alpha value is -2.32. The minimum atomic E-state index is -0.437. The number of esters is 1. The Morgan fingerprint density at radius 3 is 2.84 bits per heavy atom.